The molecule has 0 aromatic rings. The summed E-state index contributed by atoms with van der Waals surface area (Å²) in [6.45, 7) is 5.56. The van der Waals surface area contributed by atoms with Crippen LogP contribution in [-0.4, -0.2) is 34.5 Å². The zero-order chi connectivity index (χ0) is 13.2. The Labute approximate surface area is 102 Å². The smallest absolute Gasteiger partial charge is 0.138 e. The summed E-state index contributed by atoms with van der Waals surface area (Å²) in [5, 5.41) is 19.3. The molecule has 0 aromatic heterocycles. The van der Waals surface area contributed by atoms with Crippen LogP contribution in [0.3, 0.4) is 0 Å². The molecule has 1 rings (SSSR count). The van der Waals surface area contributed by atoms with Crippen molar-refractivity contribution in [2.75, 3.05) is 0 Å². The Morgan fingerprint density at radius 1 is 1.29 bits per heavy atom. The molecule has 1 fully saturated rings. The Morgan fingerprint density at radius 2 is 1.88 bits per heavy atom. The van der Waals surface area contributed by atoms with Crippen molar-refractivity contribution in [1.29, 1.82) is 0 Å². The number of rotatable bonds is 4. The zero-order valence-corrected chi connectivity index (χ0v) is 10.7. The van der Waals surface area contributed by atoms with E-state index in [2.05, 4.69) is 0 Å². The van der Waals surface area contributed by atoms with E-state index in [0.717, 1.165) is 0 Å². The Hall–Kier alpha value is -0.740. The molecule has 0 spiro atoms. The molecule has 4 heteroatoms. The zero-order valence-electron chi connectivity index (χ0n) is 10.7. The van der Waals surface area contributed by atoms with Crippen molar-refractivity contribution in [3.63, 3.8) is 0 Å². The third kappa shape index (κ3) is 3.36. The number of carbonyl (C=O) groups is 2. The van der Waals surface area contributed by atoms with Crippen molar-refractivity contribution in [3.8, 4) is 0 Å². The molecule has 4 atom stereocenters. The number of aliphatic hydroxyl groups is 2. The minimum absolute atomic E-state index is 0.121. The molecule has 98 valence electrons. The summed E-state index contributed by atoms with van der Waals surface area (Å²) in [6.07, 6.45) is 0.315. The summed E-state index contributed by atoms with van der Waals surface area (Å²) in [4.78, 5) is 22.6. The largest absolute Gasteiger partial charge is 0.393 e. The van der Waals surface area contributed by atoms with E-state index in [0.29, 0.717) is 19.1 Å². The first-order valence-electron chi connectivity index (χ1n) is 6.12. The van der Waals surface area contributed by atoms with Gasteiger partial charge in [-0.1, -0.05) is 20.8 Å². The average molecular weight is 242 g/mol. The van der Waals surface area contributed by atoms with Crippen LogP contribution in [0.5, 0.6) is 0 Å². The van der Waals surface area contributed by atoms with Crippen LogP contribution in [0.1, 0.15) is 40.0 Å². The van der Waals surface area contributed by atoms with Gasteiger partial charge in [0.15, 0.2) is 0 Å². The number of carbonyl (C=O) groups excluding carboxylic acids is 2. The predicted molar refractivity (Wildman–Crippen MR) is 63.4 cm³/mol. The topological polar surface area (TPSA) is 74.6 Å². The molecule has 4 nitrogen and oxygen atoms in total. The van der Waals surface area contributed by atoms with Crippen molar-refractivity contribution in [2.24, 2.45) is 17.3 Å². The summed E-state index contributed by atoms with van der Waals surface area (Å²) in [7, 11) is 0. The van der Waals surface area contributed by atoms with Crippen LogP contribution in [0.15, 0.2) is 0 Å². The Balaban J connectivity index is 2.56. The van der Waals surface area contributed by atoms with Gasteiger partial charge in [0.2, 0.25) is 0 Å². The van der Waals surface area contributed by atoms with Crippen molar-refractivity contribution in [3.05, 3.63) is 0 Å². The van der Waals surface area contributed by atoms with E-state index in [-0.39, 0.29) is 18.1 Å². The molecule has 1 saturated carbocycles. The van der Waals surface area contributed by atoms with Crippen LogP contribution in [0, 0.1) is 17.3 Å². The second kappa shape index (κ2) is 5.27. The van der Waals surface area contributed by atoms with Gasteiger partial charge >= 0.3 is 0 Å². The number of ketones is 1. The minimum Gasteiger partial charge on any atom is -0.393 e. The average Bonchev–Trinajstić information content (AvgIpc) is 2.47. The molecule has 0 aromatic carbocycles. The molecule has 2 N–H and O–H groups in total. The van der Waals surface area contributed by atoms with Crippen molar-refractivity contribution < 1.29 is 19.8 Å². The molecule has 17 heavy (non-hydrogen) atoms. The molecule has 0 saturated heterocycles. The molecule has 0 bridgehead atoms. The minimum atomic E-state index is -0.766. The fourth-order valence-electron chi connectivity index (χ4n) is 2.37. The van der Waals surface area contributed by atoms with Crippen LogP contribution < -0.4 is 0 Å². The Bertz CT molecular complexity index is 292. The van der Waals surface area contributed by atoms with Crippen LogP contribution in [0.4, 0.5) is 0 Å². The van der Waals surface area contributed by atoms with E-state index in [1.54, 1.807) is 0 Å². The van der Waals surface area contributed by atoms with Gasteiger partial charge in [0.05, 0.1) is 12.2 Å². The Morgan fingerprint density at radius 3 is 2.35 bits per heavy atom. The van der Waals surface area contributed by atoms with Crippen LogP contribution in [0.25, 0.3) is 0 Å². The van der Waals surface area contributed by atoms with Gasteiger partial charge in [0.1, 0.15) is 12.1 Å². The van der Waals surface area contributed by atoms with E-state index in [1.807, 2.05) is 20.8 Å². The van der Waals surface area contributed by atoms with E-state index >= 15 is 0 Å². The maximum Gasteiger partial charge on any atom is 0.138 e. The third-order valence-corrected chi connectivity index (χ3v) is 3.61. The molecule has 0 amide bonds. The summed E-state index contributed by atoms with van der Waals surface area (Å²) in [5.41, 5.74) is -0.390. The highest BCUT2D eigenvalue weighted by Crippen LogP contribution is 2.35. The van der Waals surface area contributed by atoms with E-state index < -0.39 is 23.5 Å². The lowest BCUT2D eigenvalue weighted by atomic mass is 9.83. The lowest BCUT2D eigenvalue weighted by molar-refractivity contribution is -0.127. The van der Waals surface area contributed by atoms with Gasteiger partial charge < -0.3 is 15.0 Å². The highest BCUT2D eigenvalue weighted by molar-refractivity contribution is 5.83. The first-order chi connectivity index (χ1) is 7.77. The van der Waals surface area contributed by atoms with E-state index in [4.69, 9.17) is 0 Å². The monoisotopic (exact) mass is 242 g/mol. The van der Waals surface area contributed by atoms with Gasteiger partial charge in [-0.15, -0.1) is 0 Å². The summed E-state index contributed by atoms with van der Waals surface area (Å²) < 4.78 is 0. The summed E-state index contributed by atoms with van der Waals surface area (Å²) in [6, 6.07) is 0. The van der Waals surface area contributed by atoms with Gasteiger partial charge in [0.25, 0.3) is 0 Å². The molecular weight excluding hydrogens is 220 g/mol. The standard InChI is InChI=1S/C13H22O4/c1-13(2,3)12(17)5-4-8-9(7-14)11(16)6-10(8)15/h7-11,15-16H,4-6H2,1-3H3/t8-,9+,10-,11+/m1/s1. The second-order valence-electron chi connectivity index (χ2n) is 5.96. The van der Waals surface area contributed by atoms with Crippen molar-refractivity contribution in [1.82, 2.24) is 0 Å². The van der Waals surface area contributed by atoms with E-state index in [9.17, 15) is 19.8 Å². The number of aldehydes is 1. The molecule has 0 radical (unpaired) electrons. The van der Waals surface area contributed by atoms with Gasteiger partial charge in [0, 0.05) is 24.2 Å². The fourth-order valence-corrected chi connectivity index (χ4v) is 2.37. The normalized spacial score (nSPS) is 33.7. The molecule has 0 unspecified atom stereocenters. The molecule has 0 aliphatic heterocycles. The molecule has 1 aliphatic rings. The molecular formula is C13H22O4. The van der Waals surface area contributed by atoms with Crippen molar-refractivity contribution >= 4 is 12.1 Å². The maximum atomic E-state index is 11.8. The second-order valence-corrected chi connectivity index (χ2v) is 5.96. The predicted octanol–water partition coefficient (Wildman–Crippen LogP) is 0.939. The third-order valence-electron chi connectivity index (χ3n) is 3.61. The summed E-state index contributed by atoms with van der Waals surface area (Å²) in [5.74, 6) is -0.692. The lowest BCUT2D eigenvalue weighted by Crippen LogP contribution is -2.26. The number of aliphatic hydroxyl groups excluding tert-OH is 2. The van der Waals surface area contributed by atoms with Crippen LogP contribution in [0.2, 0.25) is 0 Å². The highest BCUT2D eigenvalue weighted by Gasteiger charge is 2.41. The fraction of sp³-hybridized carbons (Fsp3) is 0.846. The molecule has 0 heterocycles. The van der Waals surface area contributed by atoms with Gasteiger partial charge in [-0.25, -0.2) is 0 Å². The van der Waals surface area contributed by atoms with Crippen LogP contribution in [-0.2, 0) is 9.59 Å². The number of Topliss-reactive ketones (excluding diaryl/α,β-unsaturated/α-hetero) is 1. The maximum absolute atomic E-state index is 11.8. The first-order valence-corrected chi connectivity index (χ1v) is 6.12. The Kier molecular flexibility index (Phi) is 4.44. The SMILES string of the molecule is CC(C)(C)C(=O)CC[C@@H]1[C@H](C=O)[C@@H](O)C[C@H]1O. The highest BCUT2D eigenvalue weighted by atomic mass is 16.3. The van der Waals surface area contributed by atoms with E-state index in [1.165, 1.54) is 0 Å². The van der Waals surface area contributed by atoms with Gasteiger partial charge in [-0.3, -0.25) is 4.79 Å². The van der Waals surface area contributed by atoms with Gasteiger partial charge in [-0.05, 0) is 12.3 Å². The quantitative estimate of drug-likeness (QED) is 0.719. The number of hydrogen-bond donors (Lipinski definition) is 2. The first kappa shape index (κ1) is 14.3. The molecule has 1 aliphatic carbocycles. The van der Waals surface area contributed by atoms with Crippen LogP contribution >= 0.6 is 0 Å². The number of hydrogen-bond acceptors (Lipinski definition) is 4. The summed E-state index contributed by atoms with van der Waals surface area (Å²) >= 11 is 0. The van der Waals surface area contributed by atoms with Gasteiger partial charge in [-0.2, -0.15) is 0 Å². The van der Waals surface area contributed by atoms with Crippen molar-refractivity contribution in [2.45, 2.75) is 52.2 Å². The lowest BCUT2D eigenvalue weighted by Gasteiger charge is -2.21.